The molecule has 0 saturated carbocycles. The zero-order chi connectivity index (χ0) is 19.2. The number of halogens is 1. The van der Waals surface area contributed by atoms with Crippen molar-refractivity contribution in [2.24, 2.45) is 0 Å². The highest BCUT2D eigenvalue weighted by molar-refractivity contribution is 14.1. The number of anilines is 1. The van der Waals surface area contributed by atoms with Gasteiger partial charge in [0.05, 0.1) is 5.56 Å². The molecule has 27 heavy (non-hydrogen) atoms. The van der Waals surface area contributed by atoms with Gasteiger partial charge in [-0.05, 0) is 64.9 Å². The highest BCUT2D eigenvalue weighted by Gasteiger charge is 2.11. The van der Waals surface area contributed by atoms with Crippen LogP contribution in [0.5, 0.6) is 0 Å². The first-order valence-corrected chi connectivity index (χ1v) is 9.50. The van der Waals surface area contributed by atoms with E-state index in [1.807, 2.05) is 49.4 Å². The first-order chi connectivity index (χ1) is 13.0. The maximum atomic E-state index is 12.4. The molecule has 0 aliphatic heterocycles. The molecule has 1 heterocycles. The predicted octanol–water partition coefficient (Wildman–Crippen LogP) is 3.36. The van der Waals surface area contributed by atoms with Gasteiger partial charge in [-0.25, -0.2) is 0 Å². The normalized spacial score (nSPS) is 10.4. The average molecular weight is 474 g/mol. The lowest BCUT2D eigenvalue weighted by atomic mass is 10.1. The van der Waals surface area contributed by atoms with Crippen LogP contribution in [0, 0.1) is 10.5 Å². The lowest BCUT2D eigenvalue weighted by Crippen LogP contribution is -2.24. The minimum atomic E-state index is -0.158. The summed E-state index contributed by atoms with van der Waals surface area (Å²) in [5.41, 5.74) is 3.33. The number of carbonyl (C=O) groups excluding carboxylic acids is 2. The second kappa shape index (κ2) is 8.81. The molecule has 0 atom stereocenters. The van der Waals surface area contributed by atoms with E-state index in [4.69, 9.17) is 0 Å². The van der Waals surface area contributed by atoms with Gasteiger partial charge in [-0.1, -0.05) is 24.3 Å². The van der Waals surface area contributed by atoms with Crippen molar-refractivity contribution in [3.05, 3.63) is 81.2 Å². The Morgan fingerprint density at radius 1 is 1.15 bits per heavy atom. The molecular weight excluding hydrogens is 455 g/mol. The van der Waals surface area contributed by atoms with E-state index in [0.717, 1.165) is 14.7 Å². The Labute approximate surface area is 171 Å². The van der Waals surface area contributed by atoms with Crippen LogP contribution in [-0.4, -0.2) is 21.6 Å². The molecule has 0 fully saturated rings. The van der Waals surface area contributed by atoms with Crippen molar-refractivity contribution in [3.63, 3.8) is 0 Å². The monoisotopic (exact) mass is 474 g/mol. The van der Waals surface area contributed by atoms with Gasteiger partial charge in [-0.3, -0.25) is 14.3 Å². The number of carbonyl (C=O) groups is 2. The van der Waals surface area contributed by atoms with E-state index in [9.17, 15) is 9.59 Å². The third-order valence-corrected chi connectivity index (χ3v) is 5.40. The molecule has 2 aromatic carbocycles. The summed E-state index contributed by atoms with van der Waals surface area (Å²) in [5, 5.41) is 9.79. The zero-order valence-corrected chi connectivity index (χ0v) is 16.9. The van der Waals surface area contributed by atoms with E-state index >= 15 is 0 Å². The lowest BCUT2D eigenvalue weighted by Gasteiger charge is -2.10. The summed E-state index contributed by atoms with van der Waals surface area (Å²) >= 11 is 2.19. The lowest BCUT2D eigenvalue weighted by molar-refractivity contribution is -0.116. The number of nitrogens with zero attached hydrogens (tertiary/aromatic N) is 2. The van der Waals surface area contributed by atoms with Gasteiger partial charge in [0.15, 0.2) is 0 Å². The van der Waals surface area contributed by atoms with Gasteiger partial charge in [-0.15, -0.1) is 0 Å². The Hall–Kier alpha value is -2.68. The van der Waals surface area contributed by atoms with Crippen molar-refractivity contribution in [2.75, 3.05) is 5.32 Å². The predicted molar refractivity (Wildman–Crippen MR) is 112 cm³/mol. The Balaban J connectivity index is 1.59. The molecule has 0 spiro atoms. The fraction of sp³-hybridized carbons (Fsp3) is 0.150. The Morgan fingerprint density at radius 3 is 2.74 bits per heavy atom. The molecular formula is C20H19IN4O2. The maximum absolute atomic E-state index is 12.4. The van der Waals surface area contributed by atoms with Gasteiger partial charge in [0.2, 0.25) is 5.91 Å². The van der Waals surface area contributed by atoms with Crippen LogP contribution in [0.1, 0.15) is 21.5 Å². The standard InChI is InChI=1S/C20H19IN4O2/c1-14-5-2-8-17(19(14)21)20(27)22-12-15-6-3-7-16(11-15)24-18(26)13-25-10-4-9-23-25/h2-11H,12-13H2,1H3,(H,22,27)(H,24,26). The molecule has 6 nitrogen and oxygen atoms in total. The molecule has 0 aliphatic rings. The van der Waals surface area contributed by atoms with E-state index in [0.29, 0.717) is 17.8 Å². The van der Waals surface area contributed by atoms with Crippen LogP contribution in [0.25, 0.3) is 0 Å². The van der Waals surface area contributed by atoms with Crippen LogP contribution in [0.2, 0.25) is 0 Å². The Kier molecular flexibility index (Phi) is 6.23. The van der Waals surface area contributed by atoms with E-state index in [-0.39, 0.29) is 18.4 Å². The zero-order valence-electron chi connectivity index (χ0n) is 14.8. The van der Waals surface area contributed by atoms with E-state index in [1.54, 1.807) is 23.1 Å². The van der Waals surface area contributed by atoms with Crippen molar-refractivity contribution in [1.82, 2.24) is 15.1 Å². The Morgan fingerprint density at radius 2 is 1.96 bits per heavy atom. The molecule has 0 unspecified atom stereocenters. The topological polar surface area (TPSA) is 76.0 Å². The van der Waals surface area contributed by atoms with Crippen molar-refractivity contribution in [1.29, 1.82) is 0 Å². The summed E-state index contributed by atoms with van der Waals surface area (Å²) in [5.74, 6) is -0.273. The molecule has 2 N–H and O–H groups in total. The second-order valence-electron chi connectivity index (χ2n) is 6.07. The number of hydrogen-bond donors (Lipinski definition) is 2. The highest BCUT2D eigenvalue weighted by Crippen LogP contribution is 2.17. The summed E-state index contributed by atoms with van der Waals surface area (Å²) in [6.45, 7) is 2.51. The quantitative estimate of drug-likeness (QED) is 0.539. The van der Waals surface area contributed by atoms with Crippen molar-refractivity contribution < 1.29 is 9.59 Å². The molecule has 0 aliphatic carbocycles. The van der Waals surface area contributed by atoms with Crippen LogP contribution in [0.3, 0.4) is 0 Å². The molecule has 0 bridgehead atoms. The molecule has 3 rings (SSSR count). The van der Waals surface area contributed by atoms with Crippen LogP contribution >= 0.6 is 22.6 Å². The van der Waals surface area contributed by atoms with Gasteiger partial charge < -0.3 is 10.6 Å². The molecule has 0 saturated heterocycles. The number of hydrogen-bond acceptors (Lipinski definition) is 3. The first-order valence-electron chi connectivity index (χ1n) is 8.42. The molecule has 7 heteroatoms. The van der Waals surface area contributed by atoms with Crippen LogP contribution < -0.4 is 10.6 Å². The van der Waals surface area contributed by atoms with Gasteiger partial charge in [-0.2, -0.15) is 5.10 Å². The summed E-state index contributed by atoms with van der Waals surface area (Å²) in [6.07, 6.45) is 3.37. The SMILES string of the molecule is Cc1cccc(C(=O)NCc2cccc(NC(=O)Cn3cccn3)c2)c1I. The Bertz CT molecular complexity index is 954. The third-order valence-electron chi connectivity index (χ3n) is 3.97. The van der Waals surface area contributed by atoms with Crippen molar-refractivity contribution in [2.45, 2.75) is 20.0 Å². The number of aromatic nitrogens is 2. The third kappa shape index (κ3) is 5.16. The number of nitrogens with one attached hydrogen (secondary N) is 2. The maximum Gasteiger partial charge on any atom is 0.252 e. The molecule has 1 aromatic heterocycles. The second-order valence-corrected chi connectivity index (χ2v) is 7.15. The highest BCUT2D eigenvalue weighted by atomic mass is 127. The summed E-state index contributed by atoms with van der Waals surface area (Å²) < 4.78 is 2.51. The van der Waals surface area contributed by atoms with Crippen molar-refractivity contribution >= 4 is 40.1 Å². The number of amides is 2. The molecule has 138 valence electrons. The van der Waals surface area contributed by atoms with Gasteiger partial charge in [0, 0.05) is 28.2 Å². The van der Waals surface area contributed by atoms with E-state index in [2.05, 4.69) is 38.3 Å². The minimum Gasteiger partial charge on any atom is -0.348 e. The van der Waals surface area contributed by atoms with Crippen LogP contribution in [-0.2, 0) is 17.9 Å². The van der Waals surface area contributed by atoms with Gasteiger partial charge >= 0.3 is 0 Å². The fourth-order valence-electron chi connectivity index (χ4n) is 2.60. The largest absolute Gasteiger partial charge is 0.348 e. The molecule has 0 radical (unpaired) electrons. The summed E-state index contributed by atoms with van der Waals surface area (Å²) in [7, 11) is 0. The minimum absolute atomic E-state index is 0.115. The first kappa shape index (κ1) is 19.1. The van der Waals surface area contributed by atoms with E-state index in [1.165, 1.54) is 0 Å². The smallest absolute Gasteiger partial charge is 0.252 e. The molecule has 2 amide bonds. The fourth-order valence-corrected chi connectivity index (χ4v) is 3.21. The summed E-state index contributed by atoms with van der Waals surface area (Å²) in [6, 6.07) is 14.9. The van der Waals surface area contributed by atoms with Crippen LogP contribution in [0.15, 0.2) is 60.9 Å². The van der Waals surface area contributed by atoms with E-state index < -0.39 is 0 Å². The number of benzene rings is 2. The average Bonchev–Trinajstić information content (AvgIpc) is 3.15. The van der Waals surface area contributed by atoms with Crippen molar-refractivity contribution in [3.8, 4) is 0 Å². The number of aryl methyl sites for hydroxylation is 1. The summed E-state index contributed by atoms with van der Waals surface area (Å²) in [4.78, 5) is 24.5. The van der Waals surface area contributed by atoms with Gasteiger partial charge in [0.25, 0.3) is 5.91 Å². The molecule has 3 aromatic rings. The van der Waals surface area contributed by atoms with Crippen LogP contribution in [0.4, 0.5) is 5.69 Å². The number of rotatable bonds is 6. The van der Waals surface area contributed by atoms with Gasteiger partial charge in [0.1, 0.15) is 6.54 Å².